The maximum atomic E-state index is 7.51. The van der Waals surface area contributed by atoms with Gasteiger partial charge in [0.05, 0.1) is 7.11 Å². The Labute approximate surface area is 125 Å². The van der Waals surface area contributed by atoms with E-state index in [9.17, 15) is 0 Å². The fourth-order valence-corrected chi connectivity index (χ4v) is 2.31. The average molecular weight is 284 g/mol. The second-order valence-electron chi connectivity index (χ2n) is 4.95. The van der Waals surface area contributed by atoms with Gasteiger partial charge in [-0.2, -0.15) is 0 Å². The minimum atomic E-state index is 0.0671. The van der Waals surface area contributed by atoms with Crippen molar-refractivity contribution in [3.05, 3.63) is 58.7 Å². The van der Waals surface area contributed by atoms with E-state index in [4.69, 9.17) is 20.6 Å². The molecule has 0 aliphatic carbocycles. The van der Waals surface area contributed by atoms with E-state index in [2.05, 4.69) is 0 Å². The van der Waals surface area contributed by atoms with E-state index in [0.29, 0.717) is 6.61 Å². The lowest BCUT2D eigenvalue weighted by Gasteiger charge is -2.15. The third kappa shape index (κ3) is 3.34. The number of hydrogen-bond donors (Lipinski definition) is 2. The molecule has 4 heteroatoms. The van der Waals surface area contributed by atoms with Gasteiger partial charge in [0.1, 0.15) is 23.9 Å². The van der Waals surface area contributed by atoms with Gasteiger partial charge < -0.3 is 15.2 Å². The minimum absolute atomic E-state index is 0.0671. The van der Waals surface area contributed by atoms with Crippen molar-refractivity contribution in [2.45, 2.75) is 20.5 Å². The van der Waals surface area contributed by atoms with Crippen LogP contribution in [-0.4, -0.2) is 12.9 Å². The van der Waals surface area contributed by atoms with Gasteiger partial charge >= 0.3 is 0 Å². The molecule has 3 N–H and O–H groups in total. The lowest BCUT2D eigenvalue weighted by molar-refractivity contribution is 0.293. The highest BCUT2D eigenvalue weighted by molar-refractivity contribution is 5.95. The van der Waals surface area contributed by atoms with Crippen molar-refractivity contribution in [3.8, 4) is 11.5 Å². The molecule has 0 saturated heterocycles. The van der Waals surface area contributed by atoms with Gasteiger partial charge in [0, 0.05) is 11.1 Å². The summed E-state index contributed by atoms with van der Waals surface area (Å²) in [7, 11) is 1.65. The molecule has 0 radical (unpaired) electrons. The van der Waals surface area contributed by atoms with E-state index in [1.807, 2.05) is 50.2 Å². The molecule has 0 spiro atoms. The normalized spacial score (nSPS) is 10.2. The quantitative estimate of drug-likeness (QED) is 0.654. The second-order valence-corrected chi connectivity index (χ2v) is 4.95. The van der Waals surface area contributed by atoms with Crippen LogP contribution in [0.2, 0.25) is 0 Å². The number of hydrogen-bond acceptors (Lipinski definition) is 3. The molecule has 2 aromatic rings. The van der Waals surface area contributed by atoms with Gasteiger partial charge in [0.2, 0.25) is 0 Å². The predicted molar refractivity (Wildman–Crippen MR) is 84.3 cm³/mol. The summed E-state index contributed by atoms with van der Waals surface area (Å²) in [5, 5.41) is 7.51. The van der Waals surface area contributed by atoms with Gasteiger partial charge in [-0.1, -0.05) is 18.2 Å². The number of methoxy groups -OCH3 is 1. The number of amidine groups is 1. The highest BCUT2D eigenvalue weighted by atomic mass is 16.5. The SMILES string of the molecule is COc1ccccc1COc1c(C)cc(C(=N)N)cc1C. The summed E-state index contributed by atoms with van der Waals surface area (Å²) in [4.78, 5) is 0. The van der Waals surface area contributed by atoms with Crippen LogP contribution in [0.3, 0.4) is 0 Å². The van der Waals surface area contributed by atoms with Gasteiger partial charge in [-0.25, -0.2) is 0 Å². The van der Waals surface area contributed by atoms with Gasteiger partial charge in [-0.05, 0) is 43.2 Å². The van der Waals surface area contributed by atoms with Crippen LogP contribution in [0.5, 0.6) is 11.5 Å². The molecule has 0 heterocycles. The number of nitrogens with one attached hydrogen (secondary N) is 1. The van der Waals surface area contributed by atoms with Crippen molar-refractivity contribution in [1.29, 1.82) is 5.41 Å². The first-order valence-corrected chi connectivity index (χ1v) is 6.73. The number of ether oxygens (including phenoxy) is 2. The molecule has 0 aromatic heterocycles. The van der Waals surface area contributed by atoms with E-state index in [1.165, 1.54) is 0 Å². The summed E-state index contributed by atoms with van der Waals surface area (Å²) in [5.41, 5.74) is 9.18. The Morgan fingerprint density at radius 3 is 2.33 bits per heavy atom. The smallest absolute Gasteiger partial charge is 0.125 e. The monoisotopic (exact) mass is 284 g/mol. The van der Waals surface area contributed by atoms with Crippen molar-refractivity contribution in [2.24, 2.45) is 5.73 Å². The summed E-state index contributed by atoms with van der Waals surface area (Å²) < 4.78 is 11.3. The van der Waals surface area contributed by atoms with Crippen LogP contribution in [0.25, 0.3) is 0 Å². The Hall–Kier alpha value is -2.49. The molecule has 0 saturated carbocycles. The van der Waals surface area contributed by atoms with Crippen molar-refractivity contribution in [1.82, 2.24) is 0 Å². The third-order valence-electron chi connectivity index (χ3n) is 3.34. The number of benzene rings is 2. The summed E-state index contributed by atoms with van der Waals surface area (Å²) >= 11 is 0. The predicted octanol–water partition coefficient (Wildman–Crippen LogP) is 3.18. The lowest BCUT2D eigenvalue weighted by atomic mass is 10.1. The summed E-state index contributed by atoms with van der Waals surface area (Å²) in [5.74, 6) is 1.71. The first-order chi connectivity index (χ1) is 10.0. The van der Waals surface area contributed by atoms with E-state index in [0.717, 1.165) is 33.8 Å². The average Bonchev–Trinajstić information content (AvgIpc) is 2.46. The standard InChI is InChI=1S/C17H20N2O2/c1-11-8-14(17(18)19)9-12(2)16(11)21-10-13-6-4-5-7-15(13)20-3/h4-9H,10H2,1-3H3,(H3,18,19). The maximum Gasteiger partial charge on any atom is 0.125 e. The van der Waals surface area contributed by atoms with E-state index < -0.39 is 0 Å². The number of aryl methyl sites for hydroxylation is 2. The fourth-order valence-electron chi connectivity index (χ4n) is 2.31. The Morgan fingerprint density at radius 2 is 1.76 bits per heavy atom. The Bertz CT molecular complexity index is 643. The topological polar surface area (TPSA) is 68.3 Å². The molecule has 0 unspecified atom stereocenters. The zero-order valence-corrected chi connectivity index (χ0v) is 12.6. The molecule has 0 amide bonds. The molecule has 0 atom stereocenters. The molecule has 110 valence electrons. The molecule has 0 aliphatic rings. The summed E-state index contributed by atoms with van der Waals surface area (Å²) in [6, 6.07) is 11.5. The third-order valence-corrected chi connectivity index (χ3v) is 3.34. The van der Waals surface area contributed by atoms with Crippen molar-refractivity contribution >= 4 is 5.84 Å². The van der Waals surface area contributed by atoms with E-state index >= 15 is 0 Å². The Morgan fingerprint density at radius 1 is 1.14 bits per heavy atom. The van der Waals surface area contributed by atoms with Crippen LogP contribution in [0.4, 0.5) is 0 Å². The number of para-hydroxylation sites is 1. The largest absolute Gasteiger partial charge is 0.496 e. The van der Waals surface area contributed by atoms with Crippen molar-refractivity contribution in [3.63, 3.8) is 0 Å². The first kappa shape index (κ1) is 14.9. The van der Waals surface area contributed by atoms with Crippen LogP contribution in [0.15, 0.2) is 36.4 Å². The minimum Gasteiger partial charge on any atom is -0.496 e. The summed E-state index contributed by atoms with van der Waals surface area (Å²) in [6.07, 6.45) is 0. The Balaban J connectivity index is 2.22. The Kier molecular flexibility index (Phi) is 4.48. The molecule has 0 aliphatic heterocycles. The van der Waals surface area contributed by atoms with Crippen LogP contribution in [-0.2, 0) is 6.61 Å². The van der Waals surface area contributed by atoms with Gasteiger partial charge in [0.15, 0.2) is 0 Å². The van der Waals surface area contributed by atoms with Gasteiger partial charge in [0.25, 0.3) is 0 Å². The fraction of sp³-hybridized carbons (Fsp3) is 0.235. The summed E-state index contributed by atoms with van der Waals surface area (Å²) in [6.45, 7) is 4.35. The van der Waals surface area contributed by atoms with E-state index in [-0.39, 0.29) is 5.84 Å². The number of nitrogen functional groups attached to an aromatic ring is 1. The van der Waals surface area contributed by atoms with E-state index in [1.54, 1.807) is 7.11 Å². The highest BCUT2D eigenvalue weighted by Crippen LogP contribution is 2.27. The zero-order valence-electron chi connectivity index (χ0n) is 12.6. The highest BCUT2D eigenvalue weighted by Gasteiger charge is 2.09. The number of nitrogens with two attached hydrogens (primary N) is 1. The van der Waals surface area contributed by atoms with Crippen LogP contribution >= 0.6 is 0 Å². The van der Waals surface area contributed by atoms with Crippen LogP contribution < -0.4 is 15.2 Å². The maximum absolute atomic E-state index is 7.51. The van der Waals surface area contributed by atoms with Crippen LogP contribution in [0.1, 0.15) is 22.3 Å². The van der Waals surface area contributed by atoms with Crippen molar-refractivity contribution in [2.75, 3.05) is 7.11 Å². The molecule has 0 fully saturated rings. The van der Waals surface area contributed by atoms with Crippen molar-refractivity contribution < 1.29 is 9.47 Å². The number of rotatable bonds is 5. The molecule has 2 aromatic carbocycles. The zero-order chi connectivity index (χ0) is 15.4. The molecule has 21 heavy (non-hydrogen) atoms. The molecular weight excluding hydrogens is 264 g/mol. The molecule has 2 rings (SSSR count). The molecular formula is C17H20N2O2. The van der Waals surface area contributed by atoms with Crippen LogP contribution in [0, 0.1) is 19.3 Å². The van der Waals surface area contributed by atoms with Gasteiger partial charge in [-0.3, -0.25) is 5.41 Å². The second kappa shape index (κ2) is 6.31. The lowest BCUT2D eigenvalue weighted by Crippen LogP contribution is -2.12. The molecule has 4 nitrogen and oxygen atoms in total. The van der Waals surface area contributed by atoms with Gasteiger partial charge in [-0.15, -0.1) is 0 Å². The first-order valence-electron chi connectivity index (χ1n) is 6.73. The molecule has 0 bridgehead atoms.